The Morgan fingerprint density at radius 3 is 2.44 bits per heavy atom. The summed E-state index contributed by atoms with van der Waals surface area (Å²) in [5.74, 6) is 0.740. The minimum absolute atomic E-state index is 0. The topological polar surface area (TPSA) is 32.3 Å². The van der Waals surface area contributed by atoms with Crippen LogP contribution in [0.4, 0.5) is 0 Å². The highest BCUT2D eigenvalue weighted by molar-refractivity contribution is 7.99. The summed E-state index contributed by atoms with van der Waals surface area (Å²) >= 11 is 1.69. The SMILES string of the molecule is CC(C)NCC(O)CSc1ccccc1.Cl. The molecule has 2 nitrogen and oxygen atoms in total. The van der Waals surface area contributed by atoms with Crippen molar-refractivity contribution in [1.82, 2.24) is 5.32 Å². The molecule has 1 aromatic carbocycles. The molecule has 0 heterocycles. The molecule has 0 aliphatic carbocycles. The molecule has 92 valence electrons. The molecule has 0 saturated heterocycles. The Labute approximate surface area is 108 Å². The van der Waals surface area contributed by atoms with Crippen LogP contribution < -0.4 is 5.32 Å². The zero-order chi connectivity index (χ0) is 11.1. The lowest BCUT2D eigenvalue weighted by atomic mass is 10.3. The van der Waals surface area contributed by atoms with E-state index in [1.165, 1.54) is 4.90 Å². The van der Waals surface area contributed by atoms with Gasteiger partial charge in [0.1, 0.15) is 0 Å². The van der Waals surface area contributed by atoms with Crippen molar-refractivity contribution in [2.45, 2.75) is 30.9 Å². The summed E-state index contributed by atoms with van der Waals surface area (Å²) in [5, 5.41) is 12.9. The molecule has 0 aromatic heterocycles. The highest BCUT2D eigenvalue weighted by atomic mass is 35.5. The van der Waals surface area contributed by atoms with Gasteiger partial charge in [0.25, 0.3) is 0 Å². The second-order valence-electron chi connectivity index (χ2n) is 3.84. The van der Waals surface area contributed by atoms with Gasteiger partial charge in [0, 0.05) is 23.2 Å². The van der Waals surface area contributed by atoms with Crippen molar-refractivity contribution < 1.29 is 5.11 Å². The Hall–Kier alpha value is -0.220. The molecule has 4 heteroatoms. The summed E-state index contributed by atoms with van der Waals surface area (Å²) in [4.78, 5) is 1.21. The minimum atomic E-state index is -0.280. The van der Waals surface area contributed by atoms with Crippen molar-refractivity contribution in [2.75, 3.05) is 12.3 Å². The average molecular weight is 262 g/mol. The first kappa shape index (κ1) is 15.8. The normalized spacial score (nSPS) is 12.2. The first-order chi connectivity index (χ1) is 7.18. The Kier molecular flexibility index (Phi) is 8.76. The Morgan fingerprint density at radius 2 is 1.88 bits per heavy atom. The van der Waals surface area contributed by atoms with Crippen molar-refractivity contribution in [2.24, 2.45) is 0 Å². The van der Waals surface area contributed by atoms with Gasteiger partial charge >= 0.3 is 0 Å². The van der Waals surface area contributed by atoms with Crippen molar-refractivity contribution in [3.63, 3.8) is 0 Å². The van der Waals surface area contributed by atoms with Gasteiger partial charge in [0.15, 0.2) is 0 Å². The van der Waals surface area contributed by atoms with E-state index < -0.39 is 0 Å². The highest BCUT2D eigenvalue weighted by Crippen LogP contribution is 2.17. The monoisotopic (exact) mass is 261 g/mol. The number of hydrogen-bond acceptors (Lipinski definition) is 3. The third kappa shape index (κ3) is 7.12. The summed E-state index contributed by atoms with van der Waals surface area (Å²) in [6.07, 6.45) is -0.280. The van der Waals surface area contributed by atoms with Crippen LogP contribution in [0.3, 0.4) is 0 Å². The number of benzene rings is 1. The van der Waals surface area contributed by atoms with Gasteiger partial charge in [0.05, 0.1) is 6.10 Å². The zero-order valence-corrected chi connectivity index (χ0v) is 11.4. The first-order valence-electron chi connectivity index (χ1n) is 5.28. The van der Waals surface area contributed by atoms with Crippen LogP contribution in [0.25, 0.3) is 0 Å². The number of nitrogens with one attached hydrogen (secondary N) is 1. The van der Waals surface area contributed by atoms with E-state index in [2.05, 4.69) is 31.3 Å². The van der Waals surface area contributed by atoms with Crippen molar-refractivity contribution in [3.8, 4) is 0 Å². The van der Waals surface area contributed by atoms with Crippen LogP contribution in [-0.2, 0) is 0 Å². The molecule has 0 aliphatic heterocycles. The van der Waals surface area contributed by atoms with Crippen LogP contribution in [0.15, 0.2) is 35.2 Å². The number of hydrogen-bond donors (Lipinski definition) is 2. The van der Waals surface area contributed by atoms with Crippen LogP contribution in [0, 0.1) is 0 Å². The van der Waals surface area contributed by atoms with Crippen LogP contribution in [0.1, 0.15) is 13.8 Å². The maximum Gasteiger partial charge on any atom is 0.0758 e. The van der Waals surface area contributed by atoms with Gasteiger partial charge in [-0.2, -0.15) is 0 Å². The fourth-order valence-corrected chi connectivity index (χ4v) is 1.99. The van der Waals surface area contributed by atoms with E-state index in [0.29, 0.717) is 12.6 Å². The molecule has 0 bridgehead atoms. The largest absolute Gasteiger partial charge is 0.391 e. The highest BCUT2D eigenvalue weighted by Gasteiger charge is 2.05. The average Bonchev–Trinajstić information content (AvgIpc) is 2.25. The van der Waals surface area contributed by atoms with Crippen LogP contribution in [0.5, 0.6) is 0 Å². The van der Waals surface area contributed by atoms with Crippen molar-refractivity contribution in [3.05, 3.63) is 30.3 Å². The molecule has 1 aromatic rings. The standard InChI is InChI=1S/C12H19NOS.ClH/c1-10(2)13-8-11(14)9-15-12-6-4-3-5-7-12;/h3-7,10-11,13-14H,8-9H2,1-2H3;1H. The molecule has 1 rings (SSSR count). The van der Waals surface area contributed by atoms with Gasteiger partial charge in [-0.15, -0.1) is 24.2 Å². The van der Waals surface area contributed by atoms with E-state index in [-0.39, 0.29) is 18.5 Å². The van der Waals surface area contributed by atoms with Crippen molar-refractivity contribution in [1.29, 1.82) is 0 Å². The molecule has 1 unspecified atom stereocenters. The van der Waals surface area contributed by atoms with Crippen LogP contribution >= 0.6 is 24.2 Å². The van der Waals surface area contributed by atoms with E-state index in [1.54, 1.807) is 11.8 Å². The summed E-state index contributed by atoms with van der Waals surface area (Å²) in [6, 6.07) is 10.6. The molecule has 0 amide bonds. The quantitative estimate of drug-likeness (QED) is 0.772. The molecule has 1 atom stereocenters. The van der Waals surface area contributed by atoms with Gasteiger partial charge in [0.2, 0.25) is 0 Å². The molecule has 0 radical (unpaired) electrons. The lowest BCUT2D eigenvalue weighted by Gasteiger charge is -2.13. The third-order valence-corrected chi connectivity index (χ3v) is 3.10. The van der Waals surface area contributed by atoms with Crippen molar-refractivity contribution >= 4 is 24.2 Å². The van der Waals surface area contributed by atoms with E-state index in [4.69, 9.17) is 0 Å². The van der Waals surface area contributed by atoms with Gasteiger partial charge in [-0.25, -0.2) is 0 Å². The fraction of sp³-hybridized carbons (Fsp3) is 0.500. The lowest BCUT2D eigenvalue weighted by Crippen LogP contribution is -2.33. The molecule has 2 N–H and O–H groups in total. The predicted octanol–water partition coefficient (Wildman–Crippen LogP) is 2.56. The Morgan fingerprint density at radius 1 is 1.25 bits per heavy atom. The third-order valence-electron chi connectivity index (χ3n) is 1.95. The smallest absolute Gasteiger partial charge is 0.0758 e. The number of thioether (sulfide) groups is 1. The molecule has 16 heavy (non-hydrogen) atoms. The maximum absolute atomic E-state index is 9.68. The fourth-order valence-electron chi connectivity index (χ4n) is 1.14. The van der Waals surface area contributed by atoms with E-state index in [0.717, 1.165) is 5.75 Å². The Bertz CT molecular complexity index is 269. The van der Waals surface area contributed by atoms with E-state index in [1.807, 2.05) is 18.2 Å². The predicted molar refractivity (Wildman–Crippen MR) is 73.6 cm³/mol. The van der Waals surface area contributed by atoms with Crippen LogP contribution in [-0.4, -0.2) is 29.5 Å². The second kappa shape index (κ2) is 8.88. The van der Waals surface area contributed by atoms with E-state index >= 15 is 0 Å². The molecular weight excluding hydrogens is 242 g/mol. The van der Waals surface area contributed by atoms with Gasteiger partial charge < -0.3 is 10.4 Å². The maximum atomic E-state index is 9.68. The van der Waals surface area contributed by atoms with E-state index in [9.17, 15) is 5.11 Å². The lowest BCUT2D eigenvalue weighted by molar-refractivity contribution is 0.192. The van der Waals surface area contributed by atoms with Gasteiger partial charge in [-0.3, -0.25) is 0 Å². The molecule has 0 spiro atoms. The number of aliphatic hydroxyl groups excluding tert-OH is 1. The van der Waals surface area contributed by atoms with Gasteiger partial charge in [-0.05, 0) is 12.1 Å². The zero-order valence-electron chi connectivity index (χ0n) is 9.72. The molecule has 0 saturated carbocycles. The second-order valence-corrected chi connectivity index (χ2v) is 4.93. The minimum Gasteiger partial charge on any atom is -0.391 e. The molecule has 0 aliphatic rings. The Balaban J connectivity index is 0.00000225. The number of halogens is 1. The molecule has 0 fully saturated rings. The summed E-state index contributed by atoms with van der Waals surface area (Å²) in [6.45, 7) is 4.83. The van der Waals surface area contributed by atoms with Gasteiger partial charge in [-0.1, -0.05) is 32.0 Å². The summed E-state index contributed by atoms with van der Waals surface area (Å²) < 4.78 is 0. The number of aliphatic hydroxyl groups is 1. The van der Waals surface area contributed by atoms with Crippen LogP contribution in [0.2, 0.25) is 0 Å². The number of rotatable bonds is 6. The first-order valence-corrected chi connectivity index (χ1v) is 6.26. The summed E-state index contributed by atoms with van der Waals surface area (Å²) in [5.41, 5.74) is 0. The molecular formula is C12H20ClNOS. The summed E-state index contributed by atoms with van der Waals surface area (Å²) in [7, 11) is 0.